The number of carbonyl (C=O) groups is 3. The summed E-state index contributed by atoms with van der Waals surface area (Å²) < 4.78 is 5.52. The fraction of sp³-hybridized carbons (Fsp3) is 0.318. The van der Waals surface area contributed by atoms with Gasteiger partial charge in [-0.25, -0.2) is 0 Å². The molecule has 2 aliphatic rings. The Hall–Kier alpha value is -2.90. The summed E-state index contributed by atoms with van der Waals surface area (Å²) in [7, 11) is 0. The molecule has 2 aliphatic heterocycles. The number of hydrogen-bond acceptors (Lipinski definition) is 4. The zero-order chi connectivity index (χ0) is 21.1. The average molecular weight is 428 g/mol. The minimum atomic E-state index is -0.338. The van der Waals surface area contributed by atoms with Crippen LogP contribution in [0.15, 0.2) is 36.4 Å². The van der Waals surface area contributed by atoms with E-state index in [1.807, 2.05) is 6.07 Å². The van der Waals surface area contributed by atoms with E-state index in [0.29, 0.717) is 23.4 Å². The van der Waals surface area contributed by atoms with Gasteiger partial charge in [-0.05, 0) is 48.2 Å². The number of halogens is 1. The van der Waals surface area contributed by atoms with Crippen molar-refractivity contribution in [1.29, 1.82) is 0 Å². The van der Waals surface area contributed by atoms with Gasteiger partial charge in [0.1, 0.15) is 0 Å². The maximum Gasteiger partial charge on any atom is 0.253 e. The molecule has 1 atom stereocenters. The number of carbonyl (C=O) groups excluding carboxylic acids is 3. The molecule has 156 valence electrons. The Morgan fingerprint density at radius 1 is 1.17 bits per heavy atom. The molecule has 0 spiro atoms. The van der Waals surface area contributed by atoms with Crippen LogP contribution in [0, 0.1) is 0 Å². The third kappa shape index (κ3) is 4.63. The van der Waals surface area contributed by atoms with Crippen molar-refractivity contribution in [3.05, 3.63) is 63.7 Å². The van der Waals surface area contributed by atoms with Gasteiger partial charge in [-0.15, -0.1) is 0 Å². The molecule has 1 unspecified atom stereocenters. The molecule has 3 amide bonds. The second kappa shape index (κ2) is 8.85. The van der Waals surface area contributed by atoms with Gasteiger partial charge in [-0.3, -0.25) is 14.4 Å². The van der Waals surface area contributed by atoms with Crippen LogP contribution in [0.3, 0.4) is 0 Å². The topological polar surface area (TPSA) is 96.5 Å². The first kappa shape index (κ1) is 20.4. The van der Waals surface area contributed by atoms with E-state index >= 15 is 0 Å². The normalized spacial score (nSPS) is 17.4. The number of anilines is 1. The first-order chi connectivity index (χ1) is 14.5. The van der Waals surface area contributed by atoms with E-state index in [1.54, 1.807) is 30.3 Å². The first-order valence-electron chi connectivity index (χ1n) is 9.89. The fourth-order valence-electron chi connectivity index (χ4n) is 3.64. The van der Waals surface area contributed by atoms with E-state index in [1.165, 1.54) is 0 Å². The predicted octanol–water partition coefficient (Wildman–Crippen LogP) is 2.67. The molecule has 0 saturated carbocycles. The van der Waals surface area contributed by atoms with Crippen LogP contribution in [0.2, 0.25) is 5.02 Å². The van der Waals surface area contributed by atoms with Gasteiger partial charge in [0.15, 0.2) is 0 Å². The molecule has 4 rings (SSSR count). The summed E-state index contributed by atoms with van der Waals surface area (Å²) in [5, 5.41) is 8.69. The van der Waals surface area contributed by atoms with E-state index in [2.05, 4.69) is 16.0 Å². The van der Waals surface area contributed by atoms with Gasteiger partial charge in [0.05, 0.1) is 23.1 Å². The highest BCUT2D eigenvalue weighted by Gasteiger charge is 2.22. The summed E-state index contributed by atoms with van der Waals surface area (Å²) in [5.41, 5.74) is 3.03. The van der Waals surface area contributed by atoms with Crippen molar-refractivity contribution in [2.45, 2.75) is 31.9 Å². The van der Waals surface area contributed by atoms with Gasteiger partial charge < -0.3 is 20.7 Å². The molecule has 0 aliphatic carbocycles. The molecule has 0 radical (unpaired) electrons. The number of benzene rings is 2. The Bertz CT molecular complexity index is 1000. The monoisotopic (exact) mass is 427 g/mol. The lowest BCUT2D eigenvalue weighted by atomic mass is 10.1. The van der Waals surface area contributed by atoms with E-state index in [9.17, 15) is 14.4 Å². The number of nitrogens with one attached hydrogen (secondary N) is 3. The molecule has 8 heteroatoms. The van der Waals surface area contributed by atoms with Crippen molar-refractivity contribution >= 4 is 35.0 Å². The Kier molecular flexibility index (Phi) is 6.01. The smallest absolute Gasteiger partial charge is 0.253 e. The summed E-state index contributed by atoms with van der Waals surface area (Å²) in [6.07, 6.45) is 2.30. The number of amides is 3. The number of ether oxygens (including phenoxy) is 1. The Morgan fingerprint density at radius 2 is 2.03 bits per heavy atom. The van der Waals surface area contributed by atoms with Gasteiger partial charge in [-0.1, -0.05) is 23.7 Å². The number of fused-ring (bicyclic) bond motifs is 1. The molecule has 1 saturated heterocycles. The van der Waals surface area contributed by atoms with Gasteiger partial charge in [0.2, 0.25) is 5.91 Å². The highest BCUT2D eigenvalue weighted by Crippen LogP contribution is 2.29. The van der Waals surface area contributed by atoms with E-state index < -0.39 is 0 Å². The van der Waals surface area contributed by atoms with Crippen molar-refractivity contribution in [2.24, 2.45) is 0 Å². The van der Waals surface area contributed by atoms with Gasteiger partial charge in [-0.2, -0.15) is 0 Å². The number of rotatable bonds is 6. The van der Waals surface area contributed by atoms with E-state index in [4.69, 9.17) is 16.3 Å². The maximum absolute atomic E-state index is 12.6. The summed E-state index contributed by atoms with van der Waals surface area (Å²) in [5.74, 6) is -0.624. The summed E-state index contributed by atoms with van der Waals surface area (Å²) >= 11 is 6.21. The lowest BCUT2D eigenvalue weighted by Crippen LogP contribution is -2.31. The second-order valence-electron chi connectivity index (χ2n) is 7.44. The Morgan fingerprint density at radius 3 is 2.83 bits per heavy atom. The second-order valence-corrected chi connectivity index (χ2v) is 7.85. The lowest BCUT2D eigenvalue weighted by Gasteiger charge is -2.12. The highest BCUT2D eigenvalue weighted by molar-refractivity contribution is 6.34. The van der Waals surface area contributed by atoms with Crippen LogP contribution in [0.4, 0.5) is 5.69 Å². The standard InChI is InChI=1S/C22H22ClN3O4/c23-18-10-19-15(9-20(27)26-19)8-17(18)22(29)24-11-13-3-1-4-14(7-13)21(28)25-12-16-5-2-6-30-16/h1,3-4,7-8,10,16H,2,5-6,9,11-12H2,(H,24,29)(H,25,28)(H,26,27). The summed E-state index contributed by atoms with van der Waals surface area (Å²) in [6, 6.07) is 10.3. The van der Waals surface area contributed by atoms with Crippen molar-refractivity contribution in [3.8, 4) is 0 Å². The van der Waals surface area contributed by atoms with Crippen LogP contribution < -0.4 is 16.0 Å². The molecular weight excluding hydrogens is 406 g/mol. The highest BCUT2D eigenvalue weighted by atomic mass is 35.5. The quantitative estimate of drug-likeness (QED) is 0.660. The SMILES string of the molecule is O=C1Cc2cc(C(=O)NCc3cccc(C(=O)NCC4CCCO4)c3)c(Cl)cc2N1. The summed E-state index contributed by atoms with van der Waals surface area (Å²) in [4.78, 5) is 36.5. The third-order valence-corrected chi connectivity index (χ3v) is 5.53. The van der Waals surface area contributed by atoms with Crippen LogP contribution in [-0.4, -0.2) is 37.0 Å². The van der Waals surface area contributed by atoms with Crippen LogP contribution in [0.5, 0.6) is 0 Å². The van der Waals surface area contributed by atoms with Crippen LogP contribution in [0.25, 0.3) is 0 Å². The summed E-state index contributed by atoms with van der Waals surface area (Å²) in [6.45, 7) is 1.49. The largest absolute Gasteiger partial charge is 0.376 e. The molecule has 2 aromatic carbocycles. The molecule has 30 heavy (non-hydrogen) atoms. The Balaban J connectivity index is 1.36. The third-order valence-electron chi connectivity index (χ3n) is 5.22. The number of hydrogen-bond donors (Lipinski definition) is 3. The van der Waals surface area contributed by atoms with Gasteiger partial charge in [0, 0.05) is 30.9 Å². The van der Waals surface area contributed by atoms with Crippen molar-refractivity contribution < 1.29 is 19.1 Å². The van der Waals surface area contributed by atoms with Crippen LogP contribution >= 0.6 is 11.6 Å². The molecule has 3 N–H and O–H groups in total. The van der Waals surface area contributed by atoms with Crippen molar-refractivity contribution in [1.82, 2.24) is 10.6 Å². The minimum Gasteiger partial charge on any atom is -0.376 e. The van der Waals surface area contributed by atoms with Crippen LogP contribution in [0.1, 0.15) is 44.7 Å². The molecule has 0 bridgehead atoms. The van der Waals surface area contributed by atoms with E-state index in [-0.39, 0.29) is 41.8 Å². The average Bonchev–Trinajstić information content (AvgIpc) is 3.38. The first-order valence-corrected chi connectivity index (χ1v) is 10.3. The molecular formula is C22H22ClN3O4. The lowest BCUT2D eigenvalue weighted by molar-refractivity contribution is -0.115. The Labute approximate surface area is 179 Å². The van der Waals surface area contributed by atoms with Crippen molar-refractivity contribution in [3.63, 3.8) is 0 Å². The van der Waals surface area contributed by atoms with Crippen molar-refractivity contribution in [2.75, 3.05) is 18.5 Å². The predicted molar refractivity (Wildman–Crippen MR) is 113 cm³/mol. The molecule has 0 aromatic heterocycles. The molecule has 7 nitrogen and oxygen atoms in total. The maximum atomic E-state index is 12.6. The minimum absolute atomic E-state index is 0.0824. The zero-order valence-electron chi connectivity index (χ0n) is 16.3. The van der Waals surface area contributed by atoms with E-state index in [0.717, 1.165) is 30.6 Å². The van der Waals surface area contributed by atoms with Crippen LogP contribution in [-0.2, 0) is 22.5 Å². The fourth-order valence-corrected chi connectivity index (χ4v) is 3.89. The zero-order valence-corrected chi connectivity index (χ0v) is 17.1. The molecule has 2 heterocycles. The molecule has 1 fully saturated rings. The van der Waals surface area contributed by atoms with Gasteiger partial charge in [0.25, 0.3) is 11.8 Å². The molecule has 2 aromatic rings. The van der Waals surface area contributed by atoms with Gasteiger partial charge >= 0.3 is 0 Å².